The summed E-state index contributed by atoms with van der Waals surface area (Å²) >= 11 is 0. The van der Waals surface area contributed by atoms with E-state index < -0.39 is 5.41 Å². The quantitative estimate of drug-likeness (QED) is 0.134. The lowest BCUT2D eigenvalue weighted by molar-refractivity contribution is 0.111. The average Bonchev–Trinajstić information content (AvgIpc) is 3.84. The Kier molecular flexibility index (Phi) is 6.31. The summed E-state index contributed by atoms with van der Waals surface area (Å²) in [5.41, 5.74) is 5.93. The molecule has 0 aromatic heterocycles. The second-order valence-electron chi connectivity index (χ2n) is 13.2. The van der Waals surface area contributed by atoms with Gasteiger partial charge in [0, 0.05) is 19.4 Å². The number of fused-ring (bicyclic) bond motifs is 8. The average molecular weight is 593 g/mol. The molecule has 0 fully saturated rings. The Morgan fingerprint density at radius 1 is 0.689 bits per heavy atom. The Labute approximate surface area is 263 Å². The summed E-state index contributed by atoms with van der Waals surface area (Å²) in [7, 11) is 0. The molecule has 0 amide bonds. The van der Waals surface area contributed by atoms with Crippen LogP contribution in [-0.2, 0) is 33.7 Å². The molecule has 5 aromatic rings. The zero-order valence-corrected chi connectivity index (χ0v) is 25.5. The highest BCUT2D eigenvalue weighted by Crippen LogP contribution is 2.48. The molecule has 2 heterocycles. The van der Waals surface area contributed by atoms with Crippen molar-refractivity contribution in [2.24, 2.45) is 15.4 Å². The number of hydrogen-bond acceptors (Lipinski definition) is 5. The van der Waals surface area contributed by atoms with Gasteiger partial charge in [-0.05, 0) is 75.2 Å². The molecule has 0 radical (unpaired) electrons. The lowest BCUT2D eigenvalue weighted by Crippen LogP contribution is -2.39. The summed E-state index contributed by atoms with van der Waals surface area (Å²) in [5.74, 6) is 1.53. The number of nitrogens with zero attached hydrogens (tertiary/aromatic N) is 2. The third-order valence-corrected chi connectivity index (χ3v) is 10.4. The molecule has 5 nitrogen and oxygen atoms in total. The van der Waals surface area contributed by atoms with Crippen molar-refractivity contribution in [2.45, 2.75) is 63.5 Å². The smallest absolute Gasteiger partial charge is 0.200 e. The summed E-state index contributed by atoms with van der Waals surface area (Å²) in [6.07, 6.45) is 3.46. The van der Waals surface area contributed by atoms with Crippen LogP contribution >= 0.6 is 0 Å². The maximum Gasteiger partial charge on any atom is 0.200 e. The van der Waals surface area contributed by atoms with Crippen molar-refractivity contribution in [3.05, 3.63) is 131 Å². The molecule has 0 unspecified atom stereocenters. The van der Waals surface area contributed by atoms with Crippen molar-refractivity contribution in [1.29, 1.82) is 0 Å². The molecular formula is C40H36N2O3. The van der Waals surface area contributed by atoms with Gasteiger partial charge in [0.15, 0.2) is 11.8 Å². The Bertz CT molecular complexity index is 1880. The Morgan fingerprint density at radius 3 is 1.78 bits per heavy atom. The maximum absolute atomic E-state index is 6.71. The van der Waals surface area contributed by atoms with E-state index >= 15 is 0 Å². The summed E-state index contributed by atoms with van der Waals surface area (Å²) < 4.78 is 19.9. The molecule has 2 aliphatic carbocycles. The van der Waals surface area contributed by atoms with Gasteiger partial charge in [-0.15, -0.1) is 0 Å². The number of aliphatic imine (C=N–C) groups is 2. The molecule has 0 saturated heterocycles. The van der Waals surface area contributed by atoms with Crippen LogP contribution in [0.25, 0.3) is 21.5 Å². The van der Waals surface area contributed by atoms with Gasteiger partial charge in [0.1, 0.15) is 29.7 Å². The van der Waals surface area contributed by atoms with Crippen LogP contribution < -0.4 is 0 Å². The third-order valence-electron chi connectivity index (χ3n) is 10.4. The van der Waals surface area contributed by atoms with Crippen LogP contribution in [0.3, 0.4) is 0 Å². The number of ether oxygens (including phenoxy) is 3. The fourth-order valence-electron chi connectivity index (χ4n) is 8.01. The Hall–Kier alpha value is -4.48. The SMILES string of the molecule is CC(CCCOCc1c2ccccc2cc2ccccc12)(C1=N[C@H]2c3ccccc3C[C@H]2O1)C1=N[C@H]2c3ccccc3C[C@H]2O1. The van der Waals surface area contributed by atoms with Gasteiger partial charge in [0.05, 0.1) is 6.61 Å². The van der Waals surface area contributed by atoms with Gasteiger partial charge in [-0.1, -0.05) is 97.1 Å². The summed E-state index contributed by atoms with van der Waals surface area (Å²) in [5, 5.41) is 4.99. The van der Waals surface area contributed by atoms with Gasteiger partial charge in [0.2, 0.25) is 0 Å². The first kappa shape index (κ1) is 26.9. The van der Waals surface area contributed by atoms with Crippen molar-refractivity contribution in [1.82, 2.24) is 0 Å². The minimum Gasteiger partial charge on any atom is -0.474 e. The number of hydrogen-bond donors (Lipinski definition) is 0. The lowest BCUT2D eigenvalue weighted by Gasteiger charge is -2.29. The van der Waals surface area contributed by atoms with Crippen molar-refractivity contribution < 1.29 is 14.2 Å². The highest BCUT2D eigenvalue weighted by atomic mass is 16.5. The summed E-state index contributed by atoms with van der Waals surface area (Å²) in [4.78, 5) is 10.5. The van der Waals surface area contributed by atoms with Crippen molar-refractivity contribution in [2.75, 3.05) is 6.61 Å². The van der Waals surface area contributed by atoms with E-state index in [4.69, 9.17) is 24.2 Å². The maximum atomic E-state index is 6.71. The largest absolute Gasteiger partial charge is 0.474 e. The molecule has 9 rings (SSSR count). The minimum atomic E-state index is -0.561. The van der Waals surface area contributed by atoms with Crippen LogP contribution in [0.4, 0.5) is 0 Å². The first-order valence-electron chi connectivity index (χ1n) is 16.3. The summed E-state index contributed by atoms with van der Waals surface area (Å²) in [6.45, 7) is 3.40. The lowest BCUT2D eigenvalue weighted by atomic mass is 9.84. The molecule has 0 bridgehead atoms. The second kappa shape index (κ2) is 10.6. The Morgan fingerprint density at radius 2 is 1.20 bits per heavy atom. The standard InChI is InChI=1S/C40H36N2O3/c1-40(38-41-36-31-17-8-4-13-27(31)22-34(36)44-38,39-42-37-32-18-9-5-14-28(32)23-35(37)45-39)19-10-20-43-24-33-29-15-6-2-11-25(29)21-26-12-3-7-16-30(26)33/h2-9,11-18,21,34-37H,10,19-20,22-24H2,1H3/t34-,35-,36+,37+/m1/s1. The fraction of sp³-hybridized carbons (Fsp3) is 0.300. The van der Waals surface area contributed by atoms with E-state index in [1.807, 2.05) is 0 Å². The van der Waals surface area contributed by atoms with Gasteiger partial charge in [-0.3, -0.25) is 0 Å². The molecule has 0 spiro atoms. The minimum absolute atomic E-state index is 0.0358. The molecular weight excluding hydrogens is 556 g/mol. The predicted octanol–water partition coefficient (Wildman–Crippen LogP) is 8.49. The van der Waals surface area contributed by atoms with Crippen LogP contribution in [-0.4, -0.2) is 30.6 Å². The Balaban J connectivity index is 0.978. The van der Waals surface area contributed by atoms with Gasteiger partial charge in [0.25, 0.3) is 0 Å². The van der Waals surface area contributed by atoms with Crippen molar-refractivity contribution >= 4 is 33.3 Å². The summed E-state index contributed by atoms with van der Waals surface area (Å²) in [6, 6.07) is 36.7. The van der Waals surface area contributed by atoms with Crippen LogP contribution in [0.1, 0.15) is 59.7 Å². The first-order valence-corrected chi connectivity index (χ1v) is 16.3. The number of rotatable bonds is 8. The van der Waals surface area contributed by atoms with Gasteiger partial charge < -0.3 is 14.2 Å². The molecule has 224 valence electrons. The molecule has 4 aliphatic rings. The van der Waals surface area contributed by atoms with E-state index in [1.54, 1.807) is 0 Å². The highest BCUT2D eigenvalue weighted by Gasteiger charge is 2.52. The molecule has 0 saturated carbocycles. The van der Waals surface area contributed by atoms with Gasteiger partial charge in [-0.25, -0.2) is 9.98 Å². The highest BCUT2D eigenvalue weighted by molar-refractivity contribution is 6.06. The molecule has 45 heavy (non-hydrogen) atoms. The molecule has 0 N–H and O–H groups in total. The van der Waals surface area contributed by atoms with E-state index in [9.17, 15) is 0 Å². The van der Waals surface area contributed by atoms with E-state index in [1.165, 1.54) is 49.4 Å². The van der Waals surface area contributed by atoms with E-state index in [0.29, 0.717) is 13.2 Å². The fourth-order valence-corrected chi connectivity index (χ4v) is 8.01. The molecule has 2 aliphatic heterocycles. The molecule has 4 atom stereocenters. The van der Waals surface area contributed by atoms with E-state index in [-0.39, 0.29) is 24.3 Å². The van der Waals surface area contributed by atoms with Gasteiger partial charge in [-0.2, -0.15) is 0 Å². The second-order valence-corrected chi connectivity index (χ2v) is 13.2. The van der Waals surface area contributed by atoms with Crippen molar-refractivity contribution in [3.8, 4) is 0 Å². The number of benzene rings is 5. The third kappa shape index (κ3) is 4.39. The topological polar surface area (TPSA) is 52.4 Å². The van der Waals surface area contributed by atoms with E-state index in [0.717, 1.165) is 37.5 Å². The van der Waals surface area contributed by atoms with Crippen LogP contribution in [0.15, 0.2) is 113 Å². The van der Waals surface area contributed by atoms with Crippen molar-refractivity contribution in [3.63, 3.8) is 0 Å². The van der Waals surface area contributed by atoms with Gasteiger partial charge >= 0.3 is 0 Å². The predicted molar refractivity (Wildman–Crippen MR) is 179 cm³/mol. The first-order chi connectivity index (χ1) is 22.2. The van der Waals surface area contributed by atoms with E-state index in [2.05, 4.69) is 110 Å². The van der Waals surface area contributed by atoms with Crippen LogP contribution in [0.5, 0.6) is 0 Å². The van der Waals surface area contributed by atoms with Crippen LogP contribution in [0.2, 0.25) is 0 Å². The zero-order valence-electron chi connectivity index (χ0n) is 25.5. The normalized spacial score (nSPS) is 22.8. The monoisotopic (exact) mass is 592 g/mol. The molecule has 5 aromatic carbocycles. The molecule has 5 heteroatoms. The van der Waals surface area contributed by atoms with Crippen LogP contribution in [0, 0.1) is 5.41 Å². The zero-order chi connectivity index (χ0) is 30.0.